The summed E-state index contributed by atoms with van der Waals surface area (Å²) in [6.07, 6.45) is 0.103. The first kappa shape index (κ1) is 41.8. The van der Waals surface area contributed by atoms with Crippen LogP contribution >= 0.6 is 0 Å². The summed E-state index contributed by atoms with van der Waals surface area (Å²) < 4.78 is 61.3. The van der Waals surface area contributed by atoms with Crippen molar-refractivity contribution in [3.8, 4) is 5.75 Å². The molecule has 0 fully saturated rings. The zero-order chi connectivity index (χ0) is 41.9. The number of alkyl halides is 4. The van der Waals surface area contributed by atoms with E-state index in [-0.39, 0.29) is 22.7 Å². The number of unbranched alkanes of at least 4 members (excludes halogenated alkanes) is 1. The van der Waals surface area contributed by atoms with Gasteiger partial charge in [0.15, 0.2) is 18.1 Å². The van der Waals surface area contributed by atoms with Crippen molar-refractivity contribution in [3.05, 3.63) is 124 Å². The van der Waals surface area contributed by atoms with Crippen molar-refractivity contribution in [2.45, 2.75) is 86.1 Å². The third kappa shape index (κ3) is 8.40. The summed E-state index contributed by atoms with van der Waals surface area (Å²) in [5, 5.41) is 6.92. The highest BCUT2D eigenvalue weighted by Gasteiger charge is 2.42. The van der Waals surface area contributed by atoms with Gasteiger partial charge >= 0.3 is 18.3 Å². The first-order valence-electron chi connectivity index (χ1n) is 19.4. The third-order valence-corrected chi connectivity index (χ3v) is 10.6. The lowest BCUT2D eigenvalue weighted by Gasteiger charge is -2.19. The summed E-state index contributed by atoms with van der Waals surface area (Å²) in [5.41, 5.74) is 5.15. The highest BCUT2D eigenvalue weighted by Crippen LogP contribution is 2.39. The Labute approximate surface area is 334 Å². The Hall–Kier alpha value is -5.84. The van der Waals surface area contributed by atoms with Crippen LogP contribution < -0.4 is 4.74 Å². The van der Waals surface area contributed by atoms with Crippen molar-refractivity contribution in [3.63, 3.8) is 0 Å². The smallest absolute Gasteiger partial charge is 0.340 e. The van der Waals surface area contributed by atoms with E-state index < -0.39 is 36.4 Å². The van der Waals surface area contributed by atoms with E-state index in [0.717, 1.165) is 76.5 Å². The predicted molar refractivity (Wildman–Crippen MR) is 220 cm³/mol. The van der Waals surface area contributed by atoms with Gasteiger partial charge in [-0.15, -0.1) is 0 Å². The molecule has 1 heterocycles. The molecule has 0 spiro atoms. The van der Waals surface area contributed by atoms with Crippen LogP contribution in [0, 0.1) is 26.7 Å². The van der Waals surface area contributed by atoms with Crippen molar-refractivity contribution in [1.82, 2.24) is 4.57 Å². The molecule has 7 nitrogen and oxygen atoms in total. The number of aromatic nitrogens is 1. The minimum atomic E-state index is -4.47. The molecule has 302 valence electrons. The van der Waals surface area contributed by atoms with Crippen molar-refractivity contribution < 1.29 is 41.5 Å². The molecule has 0 aliphatic rings. The Balaban J connectivity index is 1.59. The van der Waals surface area contributed by atoms with Gasteiger partial charge in [-0.1, -0.05) is 92.4 Å². The number of fused-ring (bicyclic) bond motifs is 5. The molecule has 0 radical (unpaired) electrons. The van der Waals surface area contributed by atoms with Crippen LogP contribution in [0.4, 0.5) is 17.6 Å². The van der Waals surface area contributed by atoms with E-state index in [2.05, 4.69) is 23.6 Å². The molecule has 6 rings (SSSR count). The molecule has 11 heteroatoms. The summed E-state index contributed by atoms with van der Waals surface area (Å²) >= 11 is 0. The Morgan fingerprint density at radius 1 is 0.810 bits per heavy atom. The molecule has 58 heavy (non-hydrogen) atoms. The molecule has 0 aliphatic carbocycles. The summed E-state index contributed by atoms with van der Waals surface area (Å²) in [6.45, 7) is 10.3. The van der Waals surface area contributed by atoms with Crippen LogP contribution in [0.5, 0.6) is 5.75 Å². The zero-order valence-corrected chi connectivity index (χ0v) is 33.4. The first-order chi connectivity index (χ1) is 27.7. The number of halogens is 4. The normalized spacial score (nSPS) is 12.8. The van der Waals surface area contributed by atoms with E-state index in [1.54, 1.807) is 12.1 Å². The topological polar surface area (TPSA) is 87.0 Å². The molecule has 6 aromatic rings. The summed E-state index contributed by atoms with van der Waals surface area (Å²) in [6, 6.07) is 24.3. The Kier molecular flexibility index (Phi) is 12.5. The molecule has 5 aromatic carbocycles. The number of benzene rings is 5. The second kappa shape index (κ2) is 17.3. The molecule has 0 N–H and O–H groups in total. The summed E-state index contributed by atoms with van der Waals surface area (Å²) in [7, 11) is 0. The Morgan fingerprint density at radius 3 is 2.14 bits per heavy atom. The second-order valence-electron chi connectivity index (χ2n) is 14.9. The molecular formula is C47H46F4N2O5. The van der Waals surface area contributed by atoms with Gasteiger partial charge in [-0.3, -0.25) is 9.59 Å². The maximum Gasteiger partial charge on any atom is 0.340 e. The number of rotatable bonds is 16. The van der Waals surface area contributed by atoms with Crippen LogP contribution in [0.3, 0.4) is 0 Å². The van der Waals surface area contributed by atoms with Crippen LogP contribution in [0.2, 0.25) is 0 Å². The number of carbonyl (C=O) groups is 3. The molecular weight excluding hydrogens is 749 g/mol. The molecule has 0 amide bonds. The van der Waals surface area contributed by atoms with Crippen LogP contribution in [-0.4, -0.2) is 46.8 Å². The van der Waals surface area contributed by atoms with Gasteiger partial charge in [0.2, 0.25) is 5.78 Å². The van der Waals surface area contributed by atoms with Crippen LogP contribution in [0.15, 0.2) is 90.1 Å². The van der Waals surface area contributed by atoms with Crippen molar-refractivity contribution >= 4 is 55.8 Å². The second-order valence-corrected chi connectivity index (χ2v) is 14.9. The van der Waals surface area contributed by atoms with E-state index in [1.807, 2.05) is 69.3 Å². The van der Waals surface area contributed by atoms with Crippen LogP contribution in [-0.2, 0) is 16.2 Å². The molecule has 1 aromatic heterocycles. The van der Waals surface area contributed by atoms with Gasteiger partial charge in [-0.05, 0) is 86.0 Å². The molecule has 1 unspecified atom stereocenters. The average Bonchev–Trinajstić information content (AvgIpc) is 3.50. The standard InChI is InChI=1S/C47H46F4N2O5/c1-7-9-14-31(8-2)25-53-39-20-19-32(44(55)42(52-58-30(6)54)35-17-12-13-18-40(35)57-26-47(50,51)46(48)49)23-36(39)37-24-38(33-15-10-11-16-34(33)43(37)53)45(56)41-28(4)21-27(3)22-29(41)5/h10-13,15-24,31,46H,7-9,14,25-26H2,1-6H3/b52-42+. The van der Waals surface area contributed by atoms with Crippen molar-refractivity contribution in [2.75, 3.05) is 6.61 Å². The summed E-state index contributed by atoms with van der Waals surface area (Å²) in [4.78, 5) is 46.0. The molecule has 0 saturated heterocycles. The molecule has 0 saturated carbocycles. The van der Waals surface area contributed by atoms with Crippen molar-refractivity contribution in [2.24, 2.45) is 11.1 Å². The Morgan fingerprint density at radius 2 is 1.48 bits per heavy atom. The lowest BCUT2D eigenvalue weighted by molar-refractivity contribution is -0.148. The molecule has 0 bridgehead atoms. The van der Waals surface area contributed by atoms with Gasteiger partial charge in [-0.25, -0.2) is 13.6 Å². The zero-order valence-electron chi connectivity index (χ0n) is 33.4. The maximum absolute atomic E-state index is 14.7. The number of ketones is 2. The van der Waals surface area contributed by atoms with E-state index in [4.69, 9.17) is 9.57 Å². The van der Waals surface area contributed by atoms with Crippen LogP contribution in [0.25, 0.3) is 32.6 Å². The van der Waals surface area contributed by atoms with Crippen molar-refractivity contribution in [1.29, 1.82) is 0 Å². The monoisotopic (exact) mass is 794 g/mol. The fourth-order valence-electron chi connectivity index (χ4n) is 7.82. The largest absolute Gasteiger partial charge is 0.486 e. The quantitative estimate of drug-likeness (QED) is 0.0320. The Bertz CT molecular complexity index is 2550. The summed E-state index contributed by atoms with van der Waals surface area (Å²) in [5.74, 6) is -6.21. The number of ether oxygens (including phenoxy) is 1. The number of oxime groups is 1. The number of aryl methyl sites for hydroxylation is 3. The molecule has 0 aliphatic heterocycles. The fourth-order valence-corrected chi connectivity index (χ4v) is 7.82. The van der Waals surface area contributed by atoms with Gasteiger partial charge in [0.05, 0.1) is 5.52 Å². The SMILES string of the molecule is CCCCC(CC)Cn1c2ccc(C(=O)/C(=N/OC(C)=O)c3ccccc3OCC(F)(F)C(F)F)cc2c2cc(C(=O)c3c(C)cc(C)cc3C)c3ccccc3c21. The highest BCUT2D eigenvalue weighted by atomic mass is 19.3. The minimum Gasteiger partial charge on any atom is -0.486 e. The average molecular weight is 795 g/mol. The van der Waals surface area contributed by atoms with Gasteiger partial charge in [0.25, 0.3) is 0 Å². The number of Topliss-reactive ketones (excluding diaryl/α,β-unsaturated/α-hetero) is 1. The van der Waals surface area contributed by atoms with E-state index in [9.17, 15) is 31.9 Å². The maximum atomic E-state index is 14.7. The van der Waals surface area contributed by atoms with Gasteiger partial charge < -0.3 is 14.1 Å². The van der Waals surface area contributed by atoms with Gasteiger partial charge in [0, 0.05) is 57.4 Å². The number of carbonyl (C=O) groups excluding carboxylic acids is 3. The van der Waals surface area contributed by atoms with Gasteiger partial charge in [-0.2, -0.15) is 8.78 Å². The third-order valence-electron chi connectivity index (χ3n) is 10.6. The van der Waals surface area contributed by atoms with E-state index in [1.165, 1.54) is 24.3 Å². The number of hydrogen-bond acceptors (Lipinski definition) is 6. The van der Waals surface area contributed by atoms with Gasteiger partial charge in [0.1, 0.15) is 5.75 Å². The first-order valence-corrected chi connectivity index (χ1v) is 19.4. The highest BCUT2D eigenvalue weighted by molar-refractivity contribution is 6.52. The lowest BCUT2D eigenvalue weighted by atomic mass is 9.89. The minimum absolute atomic E-state index is 0.106. The number of para-hydroxylation sites is 1. The lowest BCUT2D eigenvalue weighted by Crippen LogP contribution is -2.34. The number of nitrogens with zero attached hydrogens (tertiary/aromatic N) is 2. The van der Waals surface area contributed by atoms with E-state index in [0.29, 0.717) is 29.0 Å². The number of hydrogen-bond donors (Lipinski definition) is 0. The van der Waals surface area contributed by atoms with E-state index >= 15 is 0 Å². The molecule has 1 atom stereocenters. The predicted octanol–water partition coefficient (Wildman–Crippen LogP) is 11.7. The van der Waals surface area contributed by atoms with Crippen LogP contribution in [0.1, 0.15) is 95.0 Å². The fraction of sp³-hybridized carbons (Fsp3) is 0.319.